The Balaban J connectivity index is 1.66. The second-order valence-corrected chi connectivity index (χ2v) is 7.50. The molecule has 0 radical (unpaired) electrons. The van der Waals surface area contributed by atoms with Gasteiger partial charge in [0.15, 0.2) is 0 Å². The largest absolute Gasteiger partial charge is 0.342 e. The fourth-order valence-corrected chi connectivity index (χ4v) is 3.77. The number of carbonyl (C=O) groups excluding carboxylic acids is 2. The third kappa shape index (κ3) is 4.61. The van der Waals surface area contributed by atoms with Crippen LogP contribution in [0.5, 0.6) is 0 Å². The first kappa shape index (κ1) is 16.6. The van der Waals surface area contributed by atoms with Crippen LogP contribution in [0.3, 0.4) is 0 Å². The molecule has 0 bridgehead atoms. The number of piperidine rings is 1. The van der Waals surface area contributed by atoms with Gasteiger partial charge in [-0.2, -0.15) is 0 Å². The maximum Gasteiger partial charge on any atom is 0.232 e. The number of amides is 2. The highest BCUT2D eigenvalue weighted by atomic mass is 32.2. The maximum absolute atomic E-state index is 12.1. The zero-order valence-corrected chi connectivity index (χ0v) is 13.8. The van der Waals surface area contributed by atoms with Crippen LogP contribution in [-0.2, 0) is 9.59 Å². The Hall–Kier alpha value is -0.750. The second kappa shape index (κ2) is 7.49. The second-order valence-electron chi connectivity index (χ2n) is 6.51. The molecule has 2 heterocycles. The Morgan fingerprint density at radius 1 is 1.05 bits per heavy atom. The molecule has 2 N–H and O–H groups in total. The molecular weight excluding hydrogens is 286 g/mol. The van der Waals surface area contributed by atoms with Gasteiger partial charge in [0.25, 0.3) is 0 Å². The minimum Gasteiger partial charge on any atom is -0.342 e. The average Bonchev–Trinajstić information content (AvgIpc) is 2.91. The SMILES string of the molecule is CC1(CN)CCN(C(=O)CSCC(=O)N2CCCCC2)C1. The summed E-state index contributed by atoms with van der Waals surface area (Å²) in [5.41, 5.74) is 5.83. The van der Waals surface area contributed by atoms with Crippen molar-refractivity contribution in [3.8, 4) is 0 Å². The van der Waals surface area contributed by atoms with E-state index in [9.17, 15) is 9.59 Å². The van der Waals surface area contributed by atoms with Crippen LogP contribution in [0.25, 0.3) is 0 Å². The Morgan fingerprint density at radius 3 is 2.24 bits per heavy atom. The summed E-state index contributed by atoms with van der Waals surface area (Å²) >= 11 is 1.44. The number of hydrogen-bond acceptors (Lipinski definition) is 4. The van der Waals surface area contributed by atoms with E-state index in [1.165, 1.54) is 18.2 Å². The van der Waals surface area contributed by atoms with E-state index in [2.05, 4.69) is 6.92 Å². The van der Waals surface area contributed by atoms with Crippen LogP contribution in [-0.4, -0.2) is 65.8 Å². The molecule has 1 atom stereocenters. The van der Waals surface area contributed by atoms with Gasteiger partial charge in [0.1, 0.15) is 0 Å². The Kier molecular flexibility index (Phi) is 5.93. The molecule has 6 heteroatoms. The van der Waals surface area contributed by atoms with Crippen molar-refractivity contribution in [2.24, 2.45) is 11.1 Å². The molecule has 0 saturated carbocycles. The first-order chi connectivity index (χ1) is 10.0. The van der Waals surface area contributed by atoms with Crippen LogP contribution in [0.1, 0.15) is 32.6 Å². The van der Waals surface area contributed by atoms with Crippen molar-refractivity contribution < 1.29 is 9.59 Å². The minimum absolute atomic E-state index is 0.0734. The minimum atomic E-state index is 0.0734. The summed E-state index contributed by atoms with van der Waals surface area (Å²) in [6.07, 6.45) is 4.43. The van der Waals surface area contributed by atoms with Crippen molar-refractivity contribution in [3.63, 3.8) is 0 Å². The molecule has 0 aromatic heterocycles. The third-order valence-corrected chi connectivity index (χ3v) is 5.47. The summed E-state index contributed by atoms with van der Waals surface area (Å²) in [4.78, 5) is 28.0. The van der Waals surface area contributed by atoms with Crippen LogP contribution >= 0.6 is 11.8 Å². The van der Waals surface area contributed by atoms with Crippen molar-refractivity contribution in [1.82, 2.24) is 9.80 Å². The molecule has 0 aromatic carbocycles. The molecule has 0 aliphatic carbocycles. The standard InChI is InChI=1S/C15H27N3O2S/c1-15(11-16)5-8-18(12-15)14(20)10-21-9-13(19)17-6-3-2-4-7-17/h2-12,16H2,1H3. The lowest BCUT2D eigenvalue weighted by Crippen LogP contribution is -2.37. The quantitative estimate of drug-likeness (QED) is 0.820. The highest BCUT2D eigenvalue weighted by molar-refractivity contribution is 8.00. The molecule has 120 valence electrons. The van der Waals surface area contributed by atoms with Crippen molar-refractivity contribution in [2.45, 2.75) is 32.6 Å². The molecule has 0 aromatic rings. The summed E-state index contributed by atoms with van der Waals surface area (Å²) in [5.74, 6) is 1.15. The van der Waals surface area contributed by atoms with Gasteiger partial charge in [0.05, 0.1) is 11.5 Å². The maximum atomic E-state index is 12.1. The van der Waals surface area contributed by atoms with Crippen molar-refractivity contribution in [1.29, 1.82) is 0 Å². The number of hydrogen-bond donors (Lipinski definition) is 1. The molecule has 2 aliphatic rings. The van der Waals surface area contributed by atoms with Gasteiger partial charge in [-0.15, -0.1) is 11.8 Å². The molecule has 2 aliphatic heterocycles. The van der Waals surface area contributed by atoms with E-state index in [0.717, 1.165) is 45.4 Å². The van der Waals surface area contributed by atoms with E-state index in [1.54, 1.807) is 0 Å². The molecule has 0 spiro atoms. The number of likely N-dealkylation sites (tertiary alicyclic amines) is 2. The molecule has 5 nitrogen and oxygen atoms in total. The van der Waals surface area contributed by atoms with Crippen molar-refractivity contribution >= 4 is 23.6 Å². The Labute approximate surface area is 131 Å². The number of nitrogens with two attached hydrogens (primary N) is 1. The van der Waals surface area contributed by atoms with Gasteiger partial charge < -0.3 is 15.5 Å². The highest BCUT2D eigenvalue weighted by Gasteiger charge is 2.34. The normalized spacial score (nSPS) is 26.2. The molecule has 2 saturated heterocycles. The fraction of sp³-hybridized carbons (Fsp3) is 0.867. The summed E-state index contributed by atoms with van der Waals surface area (Å²) < 4.78 is 0. The van der Waals surface area contributed by atoms with Gasteiger partial charge in [-0.25, -0.2) is 0 Å². The first-order valence-corrected chi connectivity index (χ1v) is 9.03. The van der Waals surface area contributed by atoms with Crippen LogP contribution < -0.4 is 5.73 Å². The molecule has 2 fully saturated rings. The van der Waals surface area contributed by atoms with Gasteiger partial charge in [-0.1, -0.05) is 6.92 Å². The van der Waals surface area contributed by atoms with E-state index in [0.29, 0.717) is 18.1 Å². The van der Waals surface area contributed by atoms with Gasteiger partial charge >= 0.3 is 0 Å². The van der Waals surface area contributed by atoms with Crippen LogP contribution in [0.2, 0.25) is 0 Å². The molecule has 2 rings (SSSR count). The van der Waals surface area contributed by atoms with E-state index in [1.807, 2.05) is 9.80 Å². The fourth-order valence-electron chi connectivity index (χ4n) is 2.95. The van der Waals surface area contributed by atoms with E-state index in [-0.39, 0.29) is 17.2 Å². The summed E-state index contributed by atoms with van der Waals surface area (Å²) in [7, 11) is 0. The van der Waals surface area contributed by atoms with Crippen molar-refractivity contribution in [2.75, 3.05) is 44.2 Å². The average molecular weight is 313 g/mol. The van der Waals surface area contributed by atoms with Gasteiger partial charge in [-0.3, -0.25) is 9.59 Å². The lowest BCUT2D eigenvalue weighted by atomic mass is 9.90. The lowest BCUT2D eigenvalue weighted by molar-refractivity contribution is -0.129. The van der Waals surface area contributed by atoms with E-state index >= 15 is 0 Å². The number of carbonyl (C=O) groups is 2. The first-order valence-electron chi connectivity index (χ1n) is 7.87. The van der Waals surface area contributed by atoms with Crippen molar-refractivity contribution in [3.05, 3.63) is 0 Å². The van der Waals surface area contributed by atoms with Gasteiger partial charge in [0, 0.05) is 26.2 Å². The summed E-state index contributed by atoms with van der Waals surface area (Å²) in [6, 6.07) is 0. The number of nitrogens with zero attached hydrogens (tertiary/aromatic N) is 2. The zero-order chi connectivity index (χ0) is 15.3. The molecule has 21 heavy (non-hydrogen) atoms. The highest BCUT2D eigenvalue weighted by Crippen LogP contribution is 2.28. The third-order valence-electron chi connectivity index (χ3n) is 4.56. The van der Waals surface area contributed by atoms with Crippen LogP contribution in [0, 0.1) is 5.41 Å². The molecular formula is C15H27N3O2S. The lowest BCUT2D eigenvalue weighted by Gasteiger charge is -2.26. The van der Waals surface area contributed by atoms with E-state index < -0.39 is 0 Å². The monoisotopic (exact) mass is 313 g/mol. The van der Waals surface area contributed by atoms with E-state index in [4.69, 9.17) is 5.73 Å². The smallest absolute Gasteiger partial charge is 0.232 e. The zero-order valence-electron chi connectivity index (χ0n) is 13.0. The Bertz CT molecular complexity index is 385. The van der Waals surface area contributed by atoms with Crippen LogP contribution in [0.4, 0.5) is 0 Å². The predicted molar refractivity (Wildman–Crippen MR) is 86.1 cm³/mol. The predicted octanol–water partition coefficient (Wildman–Crippen LogP) is 0.929. The summed E-state index contributed by atoms with van der Waals surface area (Å²) in [5, 5.41) is 0. The summed E-state index contributed by atoms with van der Waals surface area (Å²) in [6.45, 7) is 6.07. The van der Waals surface area contributed by atoms with Crippen LogP contribution in [0.15, 0.2) is 0 Å². The molecule has 2 amide bonds. The molecule has 1 unspecified atom stereocenters. The van der Waals surface area contributed by atoms with Gasteiger partial charge in [0.2, 0.25) is 11.8 Å². The number of thioether (sulfide) groups is 1. The Morgan fingerprint density at radius 2 is 1.67 bits per heavy atom. The number of rotatable bonds is 5. The topological polar surface area (TPSA) is 66.6 Å². The van der Waals surface area contributed by atoms with Gasteiger partial charge in [-0.05, 0) is 37.6 Å².